The van der Waals surface area contributed by atoms with Crippen LogP contribution in [0.3, 0.4) is 0 Å². The summed E-state index contributed by atoms with van der Waals surface area (Å²) in [5.41, 5.74) is 0. The van der Waals surface area contributed by atoms with Crippen LogP contribution in [0.5, 0.6) is 0 Å². The molecule has 0 aromatic heterocycles. The highest BCUT2D eigenvalue weighted by molar-refractivity contribution is 7.75. The molecule has 0 aliphatic heterocycles. The summed E-state index contributed by atoms with van der Waals surface area (Å²) in [6.07, 6.45) is -0.432. The third kappa shape index (κ3) is 3.58. The summed E-state index contributed by atoms with van der Waals surface area (Å²) in [6, 6.07) is 0. The maximum absolute atomic E-state index is 10.6. The first-order chi connectivity index (χ1) is 4.72. The molecule has 5 heteroatoms. The molecule has 0 aromatic carbocycles. The second-order valence-electron chi connectivity index (χ2n) is 1.88. The average molecular weight is 164 g/mol. The lowest BCUT2D eigenvalue weighted by Gasteiger charge is -2.13. The van der Waals surface area contributed by atoms with E-state index in [2.05, 4.69) is 22.4 Å². The van der Waals surface area contributed by atoms with Crippen LogP contribution in [0.15, 0.2) is 0 Å². The van der Waals surface area contributed by atoms with Gasteiger partial charge in [-0.05, 0) is 7.05 Å². The number of thiol groups is 1. The third-order valence-electron chi connectivity index (χ3n) is 1.09. The molecule has 0 heterocycles. The molecule has 60 valence electrons. The van der Waals surface area contributed by atoms with Crippen molar-refractivity contribution in [1.29, 1.82) is 0 Å². The molecule has 0 saturated carbocycles. The molecule has 0 rings (SSSR count). The van der Waals surface area contributed by atoms with E-state index in [0.717, 1.165) is 6.54 Å². The van der Waals surface area contributed by atoms with E-state index in [1.165, 1.54) is 4.90 Å². The Bertz CT molecular complexity index is 110. The van der Waals surface area contributed by atoms with E-state index < -0.39 is 6.09 Å². The number of carbonyl (C=O) groups is 1. The van der Waals surface area contributed by atoms with Gasteiger partial charge in [0.2, 0.25) is 0 Å². The Morgan fingerprint density at radius 1 is 1.80 bits per heavy atom. The van der Waals surface area contributed by atoms with Crippen molar-refractivity contribution in [1.82, 2.24) is 10.2 Å². The fourth-order valence-electron chi connectivity index (χ4n) is 0.440. The normalized spacial score (nSPS) is 9.10. The second-order valence-corrected chi connectivity index (χ2v) is 2.06. The average Bonchev–Trinajstić information content (AvgIpc) is 1.98. The van der Waals surface area contributed by atoms with E-state index in [-0.39, 0.29) is 0 Å². The minimum absolute atomic E-state index is 0.432. The quantitative estimate of drug-likeness (QED) is 0.460. The highest BCUT2D eigenvalue weighted by atomic mass is 32.1. The molecule has 0 aromatic rings. The van der Waals surface area contributed by atoms with Gasteiger partial charge in [-0.1, -0.05) is 0 Å². The van der Waals surface area contributed by atoms with Gasteiger partial charge in [0.15, 0.2) is 0 Å². The van der Waals surface area contributed by atoms with Gasteiger partial charge < -0.3 is 14.4 Å². The van der Waals surface area contributed by atoms with E-state index in [9.17, 15) is 4.79 Å². The molecule has 0 radical (unpaired) electrons. The van der Waals surface area contributed by atoms with Crippen molar-refractivity contribution < 1.29 is 8.98 Å². The van der Waals surface area contributed by atoms with Gasteiger partial charge in [0.25, 0.3) is 0 Å². The number of amides is 1. The highest BCUT2D eigenvalue weighted by Crippen LogP contribution is 1.90. The Balaban J connectivity index is 3.41. The number of likely N-dealkylation sites (N-methyl/N-ethyl adjacent to an activating group) is 2. The monoisotopic (exact) mass is 164 g/mol. The maximum atomic E-state index is 10.6. The van der Waals surface area contributed by atoms with E-state index in [1.54, 1.807) is 7.05 Å². The van der Waals surface area contributed by atoms with Gasteiger partial charge in [-0.15, -0.1) is 0 Å². The van der Waals surface area contributed by atoms with Gasteiger partial charge in [-0.3, -0.25) is 0 Å². The topological polar surface area (TPSA) is 41.6 Å². The second kappa shape index (κ2) is 5.37. The van der Waals surface area contributed by atoms with E-state index in [0.29, 0.717) is 6.54 Å². The van der Waals surface area contributed by atoms with Gasteiger partial charge in [0, 0.05) is 33.0 Å². The number of rotatable bonds is 3. The van der Waals surface area contributed by atoms with Crippen LogP contribution in [0.4, 0.5) is 4.79 Å². The summed E-state index contributed by atoms with van der Waals surface area (Å²) in [5.74, 6) is 0. The van der Waals surface area contributed by atoms with Crippen LogP contribution < -0.4 is 5.32 Å². The largest absolute Gasteiger partial charge is 0.421 e. The molecular formula is C5H12N2O2S. The smallest absolute Gasteiger partial charge is 0.378 e. The predicted molar refractivity (Wildman–Crippen MR) is 42.0 cm³/mol. The van der Waals surface area contributed by atoms with Crippen LogP contribution >= 0.6 is 12.9 Å². The first-order valence-corrected chi connectivity index (χ1v) is 3.30. The summed E-state index contributed by atoms with van der Waals surface area (Å²) in [7, 11) is 3.47. The number of nitrogens with one attached hydrogen (secondary N) is 1. The third-order valence-corrected chi connectivity index (χ3v) is 1.24. The van der Waals surface area contributed by atoms with Gasteiger partial charge in [-0.25, -0.2) is 4.79 Å². The van der Waals surface area contributed by atoms with Gasteiger partial charge in [0.1, 0.15) is 0 Å². The number of nitrogens with zero attached hydrogens (tertiary/aromatic N) is 1. The van der Waals surface area contributed by atoms with Crippen LogP contribution in [-0.2, 0) is 4.18 Å². The molecule has 0 fully saturated rings. The van der Waals surface area contributed by atoms with E-state index in [4.69, 9.17) is 0 Å². The minimum atomic E-state index is -0.432. The van der Waals surface area contributed by atoms with Crippen molar-refractivity contribution in [2.45, 2.75) is 0 Å². The molecule has 0 aliphatic rings. The Morgan fingerprint density at radius 3 is 2.80 bits per heavy atom. The zero-order valence-electron chi connectivity index (χ0n) is 6.13. The highest BCUT2D eigenvalue weighted by Gasteiger charge is 2.05. The Kier molecular flexibility index (Phi) is 5.15. The fraction of sp³-hybridized carbons (Fsp3) is 0.800. The number of hydrogen-bond donors (Lipinski definition) is 2. The van der Waals surface area contributed by atoms with Gasteiger partial charge >= 0.3 is 6.09 Å². The molecule has 4 nitrogen and oxygen atoms in total. The van der Waals surface area contributed by atoms with E-state index >= 15 is 0 Å². The maximum Gasteiger partial charge on any atom is 0.421 e. The molecule has 1 N–H and O–H groups in total. The molecule has 10 heavy (non-hydrogen) atoms. The van der Waals surface area contributed by atoms with Crippen molar-refractivity contribution >= 4 is 19.0 Å². The first-order valence-electron chi connectivity index (χ1n) is 2.93. The lowest BCUT2D eigenvalue weighted by molar-refractivity contribution is 0.172. The van der Waals surface area contributed by atoms with Gasteiger partial charge in [-0.2, -0.15) is 0 Å². The van der Waals surface area contributed by atoms with Crippen LogP contribution in [0.1, 0.15) is 0 Å². The van der Waals surface area contributed by atoms with Crippen LogP contribution in [0, 0.1) is 0 Å². The predicted octanol–water partition coefficient (Wildman–Crippen LogP) is 0.119. The van der Waals surface area contributed by atoms with Crippen molar-refractivity contribution in [2.24, 2.45) is 0 Å². The van der Waals surface area contributed by atoms with Crippen LogP contribution in [0.25, 0.3) is 0 Å². The van der Waals surface area contributed by atoms with Crippen molar-refractivity contribution in [3.05, 3.63) is 0 Å². The van der Waals surface area contributed by atoms with E-state index in [1.807, 2.05) is 7.05 Å². The molecule has 1 amide bonds. The van der Waals surface area contributed by atoms with Crippen molar-refractivity contribution in [3.8, 4) is 0 Å². The zero-order valence-corrected chi connectivity index (χ0v) is 7.02. The lowest BCUT2D eigenvalue weighted by atomic mass is 10.6. The summed E-state index contributed by atoms with van der Waals surface area (Å²) in [6.45, 7) is 1.37. The van der Waals surface area contributed by atoms with Gasteiger partial charge in [0.05, 0.1) is 0 Å². The fourth-order valence-corrected chi connectivity index (χ4v) is 0.580. The number of carbonyl (C=O) groups excluding carboxylic acids is 1. The molecule has 0 unspecified atom stereocenters. The van der Waals surface area contributed by atoms with Crippen LogP contribution in [-0.4, -0.2) is 38.2 Å². The Morgan fingerprint density at radius 2 is 2.40 bits per heavy atom. The van der Waals surface area contributed by atoms with Crippen LogP contribution in [0.2, 0.25) is 0 Å². The SMILES string of the molecule is CNCCN(C)C(=O)OS. The molecule has 0 atom stereocenters. The molecule has 0 spiro atoms. The number of hydrogen-bond acceptors (Lipinski definition) is 4. The van der Waals surface area contributed by atoms with Crippen molar-refractivity contribution in [2.75, 3.05) is 27.2 Å². The Labute approximate surface area is 66.1 Å². The minimum Gasteiger partial charge on any atom is -0.378 e. The summed E-state index contributed by atoms with van der Waals surface area (Å²) in [5, 5.41) is 2.90. The molecule has 0 saturated heterocycles. The lowest BCUT2D eigenvalue weighted by Crippen LogP contribution is -2.31. The summed E-state index contributed by atoms with van der Waals surface area (Å²) >= 11 is 3.37. The molecular weight excluding hydrogens is 152 g/mol. The summed E-state index contributed by atoms with van der Waals surface area (Å²) in [4.78, 5) is 12.1. The summed E-state index contributed by atoms with van der Waals surface area (Å²) < 4.78 is 4.16. The van der Waals surface area contributed by atoms with Crippen molar-refractivity contribution in [3.63, 3.8) is 0 Å². The Hall–Kier alpha value is -0.420. The standard InChI is InChI=1S/C5H12N2O2S/c1-6-3-4-7(2)5(8)9-10/h6,10H,3-4H2,1-2H3. The molecule has 0 aliphatic carbocycles. The zero-order chi connectivity index (χ0) is 7.98. The molecule has 0 bridgehead atoms. The first kappa shape index (κ1) is 9.58.